The summed E-state index contributed by atoms with van der Waals surface area (Å²) in [5.74, 6) is 0.210. The van der Waals surface area contributed by atoms with E-state index in [1.807, 2.05) is 6.07 Å². The van der Waals surface area contributed by atoms with Gasteiger partial charge in [-0.25, -0.2) is 4.39 Å². The summed E-state index contributed by atoms with van der Waals surface area (Å²) in [6, 6.07) is 21.1. The van der Waals surface area contributed by atoms with E-state index >= 15 is 0 Å². The predicted octanol–water partition coefficient (Wildman–Crippen LogP) is 7.66. The van der Waals surface area contributed by atoms with Crippen LogP contribution in [0.25, 0.3) is 0 Å². The standard InChI is InChI=1S/C30H34FN3O.CHF3/c31-25-9-11-26(12-10-25)34-29-16-22-7-4-8-24-17-27(35-19-21-5-2-1-3-6-21)13-14-30(24,20-33)28(22)15-23(29)18-32;2-1(3)4/h1-3,5-6,9-12,15-16,18,24,27,32,34H,4,7-8,13-14,17,19-20,33H2;1H. The van der Waals surface area contributed by atoms with Gasteiger partial charge in [0.1, 0.15) is 5.82 Å². The van der Waals surface area contributed by atoms with Gasteiger partial charge in [-0.05, 0) is 97.5 Å². The van der Waals surface area contributed by atoms with Gasteiger partial charge in [0.05, 0.1) is 12.7 Å². The first-order chi connectivity index (χ1) is 18.8. The lowest BCUT2D eigenvalue weighted by molar-refractivity contribution is -0.0218. The summed E-state index contributed by atoms with van der Waals surface area (Å²) in [7, 11) is 0. The van der Waals surface area contributed by atoms with Crippen molar-refractivity contribution in [1.29, 1.82) is 5.41 Å². The molecule has 3 unspecified atom stereocenters. The maximum absolute atomic E-state index is 13.4. The number of anilines is 2. The molecule has 0 saturated heterocycles. The summed E-state index contributed by atoms with van der Waals surface area (Å²) in [4.78, 5) is 0. The number of halogens is 4. The fraction of sp³-hybridized carbons (Fsp3) is 0.387. The molecule has 39 heavy (non-hydrogen) atoms. The normalized spacial score (nSPS) is 22.1. The summed E-state index contributed by atoms with van der Waals surface area (Å²) in [5, 5.41) is 11.5. The molecule has 0 radical (unpaired) electrons. The number of aryl methyl sites for hydroxylation is 1. The third-order valence-electron chi connectivity index (χ3n) is 8.02. The molecular formula is C31H35F4N3O. The van der Waals surface area contributed by atoms with Gasteiger partial charge >= 0.3 is 6.68 Å². The largest absolute Gasteiger partial charge is 0.379 e. The van der Waals surface area contributed by atoms with Gasteiger partial charge < -0.3 is 21.2 Å². The number of nitrogens with two attached hydrogens (primary N) is 1. The van der Waals surface area contributed by atoms with Crippen LogP contribution in [0.3, 0.4) is 0 Å². The molecular weight excluding hydrogens is 506 g/mol. The van der Waals surface area contributed by atoms with E-state index in [0.29, 0.717) is 19.1 Å². The fourth-order valence-corrected chi connectivity index (χ4v) is 6.14. The van der Waals surface area contributed by atoms with Crippen molar-refractivity contribution in [2.75, 3.05) is 11.9 Å². The predicted molar refractivity (Wildman–Crippen MR) is 147 cm³/mol. The lowest BCUT2D eigenvalue weighted by Gasteiger charge is -2.46. The molecule has 2 aliphatic rings. The van der Waals surface area contributed by atoms with Gasteiger partial charge in [-0.2, -0.15) is 13.2 Å². The van der Waals surface area contributed by atoms with E-state index in [-0.39, 0.29) is 17.3 Å². The molecule has 3 aromatic carbocycles. The lowest BCUT2D eigenvalue weighted by atomic mass is 9.60. The van der Waals surface area contributed by atoms with Crippen molar-refractivity contribution < 1.29 is 22.3 Å². The molecule has 0 aliphatic heterocycles. The summed E-state index contributed by atoms with van der Waals surface area (Å²) >= 11 is 0. The van der Waals surface area contributed by atoms with Crippen LogP contribution < -0.4 is 11.1 Å². The summed E-state index contributed by atoms with van der Waals surface area (Å²) in [6.45, 7) is -2.40. The van der Waals surface area contributed by atoms with Crippen LogP contribution in [0.2, 0.25) is 0 Å². The van der Waals surface area contributed by atoms with Gasteiger partial charge in [0.2, 0.25) is 0 Å². The average Bonchev–Trinajstić information content (AvgIpc) is 3.09. The molecule has 3 atom stereocenters. The maximum atomic E-state index is 13.4. The second-order valence-corrected chi connectivity index (χ2v) is 10.3. The molecule has 208 valence electrons. The van der Waals surface area contributed by atoms with E-state index in [1.165, 1.54) is 35.0 Å². The zero-order valence-corrected chi connectivity index (χ0v) is 21.8. The number of hydrogen-bond donors (Lipinski definition) is 3. The van der Waals surface area contributed by atoms with Gasteiger partial charge in [-0.3, -0.25) is 0 Å². The third-order valence-corrected chi connectivity index (χ3v) is 8.02. The molecule has 0 heterocycles. The SMILES string of the molecule is FC(F)F.N=Cc1cc2c(cc1Nc1ccc(F)cc1)CCCC1CC(OCc3ccccc3)CCC21CN. The van der Waals surface area contributed by atoms with Crippen molar-refractivity contribution in [3.63, 3.8) is 0 Å². The summed E-state index contributed by atoms with van der Waals surface area (Å²) < 4.78 is 48.7. The van der Waals surface area contributed by atoms with Gasteiger partial charge in [0.15, 0.2) is 0 Å². The van der Waals surface area contributed by atoms with E-state index in [1.54, 1.807) is 12.1 Å². The molecule has 0 spiro atoms. The molecule has 2 aliphatic carbocycles. The smallest absolute Gasteiger partial charge is 0.374 e. The Kier molecular flexibility index (Phi) is 9.75. The number of ether oxygens (including phenoxy) is 1. The van der Waals surface area contributed by atoms with Crippen molar-refractivity contribution >= 4 is 17.6 Å². The van der Waals surface area contributed by atoms with Gasteiger partial charge in [-0.15, -0.1) is 0 Å². The van der Waals surface area contributed by atoms with Crippen LogP contribution in [0.15, 0.2) is 66.7 Å². The highest BCUT2D eigenvalue weighted by molar-refractivity contribution is 5.88. The summed E-state index contributed by atoms with van der Waals surface area (Å²) in [6.07, 6.45) is 7.94. The van der Waals surface area contributed by atoms with E-state index in [4.69, 9.17) is 15.9 Å². The first-order valence-corrected chi connectivity index (χ1v) is 13.3. The fourth-order valence-electron chi connectivity index (χ4n) is 6.14. The van der Waals surface area contributed by atoms with Crippen molar-refractivity contribution in [1.82, 2.24) is 0 Å². The number of hydrogen-bond acceptors (Lipinski definition) is 4. The monoisotopic (exact) mass is 541 g/mol. The topological polar surface area (TPSA) is 71.1 Å². The van der Waals surface area contributed by atoms with E-state index in [9.17, 15) is 17.6 Å². The molecule has 1 saturated carbocycles. The Hall–Kier alpha value is -3.23. The Morgan fingerprint density at radius 3 is 2.44 bits per heavy atom. The minimum atomic E-state index is -3.67. The Bertz CT molecular complexity index is 1220. The second-order valence-electron chi connectivity index (χ2n) is 10.3. The van der Waals surface area contributed by atoms with Crippen molar-refractivity contribution in [2.24, 2.45) is 11.7 Å². The van der Waals surface area contributed by atoms with Crippen LogP contribution >= 0.6 is 0 Å². The molecule has 8 heteroatoms. The zero-order chi connectivity index (χ0) is 27.8. The van der Waals surface area contributed by atoms with Gasteiger partial charge in [-0.1, -0.05) is 30.3 Å². The Balaban J connectivity index is 0.000000826. The second kappa shape index (κ2) is 13.2. The molecule has 5 rings (SSSR count). The minimum Gasteiger partial charge on any atom is -0.374 e. The number of nitrogens with one attached hydrogen (secondary N) is 2. The average molecular weight is 542 g/mol. The molecule has 4 N–H and O–H groups in total. The van der Waals surface area contributed by atoms with Crippen LogP contribution in [0, 0.1) is 17.1 Å². The van der Waals surface area contributed by atoms with Crippen LogP contribution in [-0.4, -0.2) is 25.5 Å². The zero-order valence-electron chi connectivity index (χ0n) is 21.8. The highest BCUT2D eigenvalue weighted by Gasteiger charge is 2.46. The molecule has 3 aromatic rings. The van der Waals surface area contributed by atoms with Crippen LogP contribution in [0.1, 0.15) is 54.4 Å². The molecule has 0 aromatic heterocycles. The van der Waals surface area contributed by atoms with E-state index < -0.39 is 6.68 Å². The Labute approximate surface area is 227 Å². The quantitative estimate of drug-likeness (QED) is 0.212. The third kappa shape index (κ3) is 7.05. The van der Waals surface area contributed by atoms with Gasteiger partial charge in [0, 0.05) is 35.1 Å². The van der Waals surface area contributed by atoms with Crippen molar-refractivity contribution in [3.05, 3.63) is 94.8 Å². The van der Waals surface area contributed by atoms with Crippen LogP contribution in [-0.2, 0) is 23.2 Å². The Morgan fingerprint density at radius 2 is 1.77 bits per heavy atom. The van der Waals surface area contributed by atoms with E-state index in [2.05, 4.69) is 41.7 Å². The van der Waals surface area contributed by atoms with E-state index in [0.717, 1.165) is 55.5 Å². The molecule has 4 nitrogen and oxygen atoms in total. The number of fused-ring (bicyclic) bond motifs is 3. The lowest BCUT2D eigenvalue weighted by Crippen LogP contribution is -2.47. The highest BCUT2D eigenvalue weighted by atomic mass is 19.4. The first kappa shape index (κ1) is 28.8. The van der Waals surface area contributed by atoms with Crippen molar-refractivity contribution in [3.8, 4) is 0 Å². The van der Waals surface area contributed by atoms with Crippen LogP contribution in [0.5, 0.6) is 0 Å². The van der Waals surface area contributed by atoms with Crippen molar-refractivity contribution in [2.45, 2.75) is 63.3 Å². The molecule has 0 amide bonds. The number of alkyl halides is 3. The maximum Gasteiger partial charge on any atom is 0.379 e. The molecule has 0 bridgehead atoms. The minimum absolute atomic E-state index is 0.0788. The first-order valence-electron chi connectivity index (χ1n) is 13.3. The Morgan fingerprint density at radius 1 is 1.05 bits per heavy atom. The van der Waals surface area contributed by atoms with Gasteiger partial charge in [0.25, 0.3) is 0 Å². The number of benzene rings is 3. The summed E-state index contributed by atoms with van der Waals surface area (Å²) in [5.41, 5.74) is 12.9. The number of rotatable bonds is 7. The highest BCUT2D eigenvalue weighted by Crippen LogP contribution is 2.50. The molecule has 1 fully saturated rings. The van der Waals surface area contributed by atoms with Crippen LogP contribution in [0.4, 0.5) is 28.9 Å².